The highest BCUT2D eigenvalue weighted by molar-refractivity contribution is 8.00. The highest BCUT2D eigenvalue weighted by Crippen LogP contribution is 2.21. The molecule has 0 aliphatic rings. The molecule has 0 spiro atoms. The maximum atomic E-state index is 13.2. The first-order valence-electron chi connectivity index (χ1n) is 8.10. The van der Waals surface area contributed by atoms with E-state index in [4.69, 9.17) is 0 Å². The molecule has 1 N–H and O–H groups in total. The summed E-state index contributed by atoms with van der Waals surface area (Å²) < 4.78 is 29.3. The van der Waals surface area contributed by atoms with Crippen LogP contribution in [0.3, 0.4) is 0 Å². The molecule has 3 aromatic rings. The Balaban J connectivity index is 1.76. The van der Waals surface area contributed by atoms with Crippen molar-refractivity contribution in [3.05, 3.63) is 76.2 Å². The molecule has 1 aromatic heterocycles. The number of halogens is 2. The van der Waals surface area contributed by atoms with Crippen LogP contribution < -0.4 is 10.9 Å². The normalized spacial score (nSPS) is 10.8. The van der Waals surface area contributed by atoms with Crippen molar-refractivity contribution >= 4 is 23.4 Å². The lowest BCUT2D eigenvalue weighted by molar-refractivity contribution is -0.113. The smallest absolute Gasteiger partial charge is 0.295 e. The average Bonchev–Trinajstić information content (AvgIpc) is 2.87. The highest BCUT2D eigenvalue weighted by atomic mass is 32.2. The molecule has 0 saturated carbocycles. The maximum Gasteiger partial charge on any atom is 0.295 e. The Morgan fingerprint density at radius 3 is 2.48 bits per heavy atom. The molecular formula is C19H17F2N3O2S. The highest BCUT2D eigenvalue weighted by Gasteiger charge is 2.18. The minimum atomic E-state index is -0.968. The van der Waals surface area contributed by atoms with E-state index >= 15 is 0 Å². The van der Waals surface area contributed by atoms with Gasteiger partial charge in [0.1, 0.15) is 5.69 Å². The molecule has 27 heavy (non-hydrogen) atoms. The lowest BCUT2D eigenvalue weighted by Gasteiger charge is -2.07. The van der Waals surface area contributed by atoms with Gasteiger partial charge in [-0.2, -0.15) is 0 Å². The van der Waals surface area contributed by atoms with Gasteiger partial charge in [-0.25, -0.2) is 13.5 Å². The first-order valence-corrected chi connectivity index (χ1v) is 9.08. The molecule has 8 heteroatoms. The molecule has 2 aromatic carbocycles. The fourth-order valence-corrected chi connectivity index (χ4v) is 3.32. The summed E-state index contributed by atoms with van der Waals surface area (Å²) in [4.78, 5) is 25.4. The van der Waals surface area contributed by atoms with E-state index in [1.165, 1.54) is 10.7 Å². The van der Waals surface area contributed by atoms with Gasteiger partial charge in [0.2, 0.25) is 5.91 Å². The van der Waals surface area contributed by atoms with E-state index in [1.807, 2.05) is 18.2 Å². The number of anilines is 1. The summed E-state index contributed by atoms with van der Waals surface area (Å²) in [5, 5.41) is 2.62. The first kappa shape index (κ1) is 18.9. The third-order valence-electron chi connectivity index (χ3n) is 4.08. The summed E-state index contributed by atoms with van der Waals surface area (Å²) >= 11 is 1.06. The van der Waals surface area contributed by atoms with Crippen LogP contribution in [-0.2, 0) is 11.8 Å². The van der Waals surface area contributed by atoms with Crippen LogP contribution in [0.1, 0.15) is 5.69 Å². The number of nitrogens with zero attached hydrogens (tertiary/aromatic N) is 2. The summed E-state index contributed by atoms with van der Waals surface area (Å²) in [6, 6.07) is 12.5. The Labute approximate surface area is 158 Å². The Kier molecular flexibility index (Phi) is 5.46. The number of benzene rings is 2. The zero-order valence-corrected chi connectivity index (χ0v) is 15.5. The predicted molar refractivity (Wildman–Crippen MR) is 101 cm³/mol. The molecule has 140 valence electrons. The van der Waals surface area contributed by atoms with Crippen molar-refractivity contribution in [3.8, 4) is 5.69 Å². The van der Waals surface area contributed by atoms with Gasteiger partial charge in [-0.15, -0.1) is 11.8 Å². The molecule has 0 fully saturated rings. The summed E-state index contributed by atoms with van der Waals surface area (Å²) in [5.74, 6) is -2.35. The van der Waals surface area contributed by atoms with Crippen LogP contribution in [-0.4, -0.2) is 21.0 Å². The molecule has 0 bridgehead atoms. The van der Waals surface area contributed by atoms with E-state index in [2.05, 4.69) is 5.32 Å². The van der Waals surface area contributed by atoms with E-state index in [0.29, 0.717) is 16.3 Å². The number of carbonyl (C=O) groups is 1. The molecular weight excluding hydrogens is 372 g/mol. The van der Waals surface area contributed by atoms with E-state index in [-0.39, 0.29) is 17.0 Å². The van der Waals surface area contributed by atoms with Crippen LogP contribution in [0.25, 0.3) is 5.69 Å². The number of thioether (sulfide) groups is 1. The number of hydrogen-bond donors (Lipinski definition) is 1. The second-order valence-electron chi connectivity index (χ2n) is 5.85. The van der Waals surface area contributed by atoms with Crippen molar-refractivity contribution in [2.75, 3.05) is 11.1 Å². The van der Waals surface area contributed by atoms with E-state index < -0.39 is 17.5 Å². The SMILES string of the molecule is Cc1c(NC(=O)CSc2ccc(F)c(F)c2)c(=O)n(-c2ccccc2)n1C. The quantitative estimate of drug-likeness (QED) is 0.680. The van der Waals surface area contributed by atoms with E-state index in [0.717, 1.165) is 23.9 Å². The summed E-state index contributed by atoms with van der Waals surface area (Å²) in [7, 11) is 1.73. The lowest BCUT2D eigenvalue weighted by atomic mass is 10.3. The van der Waals surface area contributed by atoms with Gasteiger partial charge in [-0.1, -0.05) is 18.2 Å². The van der Waals surface area contributed by atoms with Gasteiger partial charge >= 0.3 is 0 Å². The van der Waals surface area contributed by atoms with Gasteiger partial charge in [0.15, 0.2) is 11.6 Å². The summed E-state index contributed by atoms with van der Waals surface area (Å²) in [6.45, 7) is 1.74. The number of carbonyl (C=O) groups excluding carboxylic acids is 1. The van der Waals surface area contributed by atoms with Gasteiger partial charge in [0, 0.05) is 11.9 Å². The van der Waals surface area contributed by atoms with Crippen molar-refractivity contribution in [1.29, 1.82) is 0 Å². The second kappa shape index (κ2) is 7.79. The zero-order chi connectivity index (χ0) is 19.6. The topological polar surface area (TPSA) is 56.0 Å². The third-order valence-corrected chi connectivity index (χ3v) is 5.07. The van der Waals surface area contributed by atoms with Crippen molar-refractivity contribution in [2.24, 2.45) is 7.05 Å². The molecule has 0 unspecified atom stereocenters. The average molecular weight is 389 g/mol. The standard InChI is InChI=1S/C19H17F2N3O2S/c1-12-18(19(26)24(23(12)2)13-6-4-3-5-7-13)22-17(25)11-27-14-8-9-15(20)16(21)10-14/h3-10H,11H2,1-2H3,(H,22,25). The van der Waals surface area contributed by atoms with Crippen molar-refractivity contribution in [1.82, 2.24) is 9.36 Å². The molecule has 0 aliphatic heterocycles. The summed E-state index contributed by atoms with van der Waals surface area (Å²) in [5.41, 5.74) is 1.14. The van der Waals surface area contributed by atoms with E-state index in [1.54, 1.807) is 30.8 Å². The molecule has 0 radical (unpaired) electrons. The van der Waals surface area contributed by atoms with Crippen LogP contribution in [0.15, 0.2) is 58.2 Å². The minimum absolute atomic E-state index is 0.0375. The van der Waals surface area contributed by atoms with E-state index in [9.17, 15) is 18.4 Å². The fraction of sp³-hybridized carbons (Fsp3) is 0.158. The maximum absolute atomic E-state index is 13.2. The molecule has 3 rings (SSSR count). The van der Waals surface area contributed by atoms with Crippen molar-refractivity contribution in [2.45, 2.75) is 11.8 Å². The van der Waals surface area contributed by atoms with Gasteiger partial charge in [0.25, 0.3) is 5.56 Å². The number of rotatable bonds is 5. The number of amides is 1. The summed E-state index contributed by atoms with van der Waals surface area (Å²) in [6.07, 6.45) is 0. The van der Waals surface area contributed by atoms with Crippen LogP contribution in [0, 0.1) is 18.6 Å². The fourth-order valence-electron chi connectivity index (χ4n) is 2.60. The molecule has 5 nitrogen and oxygen atoms in total. The van der Waals surface area contributed by atoms with Crippen LogP contribution in [0.5, 0.6) is 0 Å². The predicted octanol–water partition coefficient (Wildman–Crippen LogP) is 3.49. The van der Waals surface area contributed by atoms with Gasteiger partial charge in [-0.3, -0.25) is 14.3 Å². The molecule has 0 atom stereocenters. The molecule has 1 amide bonds. The Hall–Kier alpha value is -2.87. The largest absolute Gasteiger partial charge is 0.319 e. The number of nitrogens with one attached hydrogen (secondary N) is 1. The van der Waals surface area contributed by atoms with Gasteiger partial charge in [0.05, 0.1) is 17.1 Å². The first-order chi connectivity index (χ1) is 12.9. The third kappa shape index (κ3) is 3.95. The van der Waals surface area contributed by atoms with Crippen molar-refractivity contribution < 1.29 is 13.6 Å². The Bertz CT molecular complexity index is 1050. The molecule has 0 saturated heterocycles. The van der Waals surface area contributed by atoms with Crippen LogP contribution in [0.4, 0.5) is 14.5 Å². The number of aromatic nitrogens is 2. The molecule has 0 aliphatic carbocycles. The molecule has 1 heterocycles. The van der Waals surface area contributed by atoms with Gasteiger partial charge in [-0.05, 0) is 37.3 Å². The Morgan fingerprint density at radius 1 is 1.11 bits per heavy atom. The van der Waals surface area contributed by atoms with Gasteiger partial charge < -0.3 is 5.32 Å². The monoisotopic (exact) mass is 389 g/mol. The number of hydrogen-bond acceptors (Lipinski definition) is 3. The lowest BCUT2D eigenvalue weighted by Crippen LogP contribution is -2.23. The Morgan fingerprint density at radius 2 is 1.81 bits per heavy atom. The minimum Gasteiger partial charge on any atom is -0.319 e. The zero-order valence-electron chi connectivity index (χ0n) is 14.7. The van der Waals surface area contributed by atoms with Crippen molar-refractivity contribution in [3.63, 3.8) is 0 Å². The van der Waals surface area contributed by atoms with Crippen LogP contribution >= 0.6 is 11.8 Å². The van der Waals surface area contributed by atoms with Crippen LogP contribution in [0.2, 0.25) is 0 Å². The second-order valence-corrected chi connectivity index (χ2v) is 6.90. The number of para-hydroxylation sites is 1.